The number of aromatic nitrogens is 2. The van der Waals surface area contributed by atoms with Gasteiger partial charge < -0.3 is 15.5 Å². The second-order valence-corrected chi connectivity index (χ2v) is 11.5. The van der Waals surface area contributed by atoms with Crippen LogP contribution in [0.4, 0.5) is 4.79 Å². The highest BCUT2D eigenvalue weighted by Gasteiger charge is 2.48. The van der Waals surface area contributed by atoms with Crippen molar-refractivity contribution in [3.63, 3.8) is 0 Å². The lowest BCUT2D eigenvalue weighted by atomic mass is 9.69. The van der Waals surface area contributed by atoms with Crippen LogP contribution in [0.15, 0.2) is 77.9 Å². The van der Waals surface area contributed by atoms with Crippen LogP contribution >= 0.6 is 0 Å². The number of carbonyl (C=O) groups excluding carboxylic acids is 1. The zero-order valence-corrected chi connectivity index (χ0v) is 21.9. The molecule has 2 saturated heterocycles. The van der Waals surface area contributed by atoms with Crippen molar-refractivity contribution in [1.82, 2.24) is 19.4 Å². The number of benzene rings is 2. The second-order valence-electron chi connectivity index (χ2n) is 11.5. The first-order valence-electron chi connectivity index (χ1n) is 14.0. The van der Waals surface area contributed by atoms with Gasteiger partial charge in [0.05, 0.1) is 18.1 Å². The van der Waals surface area contributed by atoms with Crippen molar-refractivity contribution in [1.29, 1.82) is 0 Å². The summed E-state index contributed by atoms with van der Waals surface area (Å²) in [6.07, 6.45) is 7.97. The summed E-state index contributed by atoms with van der Waals surface area (Å²) in [6, 6.07) is 21.9. The van der Waals surface area contributed by atoms with Gasteiger partial charge in [-0.2, -0.15) is 0 Å². The van der Waals surface area contributed by atoms with Crippen LogP contribution in [0.5, 0.6) is 0 Å². The Kier molecular flexibility index (Phi) is 6.78. The Morgan fingerprint density at radius 2 is 1.74 bits per heavy atom. The topological polar surface area (TPSA) is 84.5 Å². The maximum Gasteiger partial charge on any atom is 0.320 e. The molecule has 198 valence electrons. The van der Waals surface area contributed by atoms with E-state index in [0.717, 1.165) is 43.4 Å². The first kappa shape index (κ1) is 24.9. The standard InChI is InChI=1S/C31H37N5O2/c32-26-17-28(24-11-5-2-6-12-24)36(20-26)30(38)34-16-13-25(31(21-34)14-7-8-15-31)19-35-22-33-27(18-29(35)37)23-9-3-1-4-10-23/h1-6,9-12,18,22,25-26,28H,7-8,13-17,19-21,32H2/t25-,26-,28-/m0/s1. The normalized spacial score (nSPS) is 24.7. The maximum absolute atomic E-state index is 13.9. The van der Waals surface area contributed by atoms with Gasteiger partial charge in [0, 0.05) is 43.9 Å². The number of hydrogen-bond acceptors (Lipinski definition) is 4. The monoisotopic (exact) mass is 511 g/mol. The molecule has 7 heteroatoms. The van der Waals surface area contributed by atoms with Crippen LogP contribution in [0.25, 0.3) is 11.3 Å². The van der Waals surface area contributed by atoms with Crippen molar-refractivity contribution in [2.75, 3.05) is 19.6 Å². The van der Waals surface area contributed by atoms with Crippen LogP contribution in [0.3, 0.4) is 0 Å². The molecule has 1 saturated carbocycles. The van der Waals surface area contributed by atoms with Gasteiger partial charge in [0.15, 0.2) is 0 Å². The molecule has 2 aromatic carbocycles. The van der Waals surface area contributed by atoms with E-state index >= 15 is 0 Å². The lowest BCUT2D eigenvalue weighted by molar-refractivity contribution is 0.0281. The van der Waals surface area contributed by atoms with Crippen LogP contribution in [0, 0.1) is 11.3 Å². The smallest absolute Gasteiger partial charge is 0.320 e. The van der Waals surface area contributed by atoms with Crippen LogP contribution in [0.2, 0.25) is 0 Å². The summed E-state index contributed by atoms with van der Waals surface area (Å²) in [6.45, 7) is 2.72. The van der Waals surface area contributed by atoms with Gasteiger partial charge in [-0.05, 0) is 42.6 Å². The van der Waals surface area contributed by atoms with Crippen molar-refractivity contribution in [3.8, 4) is 11.3 Å². The van der Waals surface area contributed by atoms with Gasteiger partial charge in [-0.25, -0.2) is 9.78 Å². The van der Waals surface area contributed by atoms with Gasteiger partial charge in [-0.1, -0.05) is 73.5 Å². The van der Waals surface area contributed by atoms with E-state index in [1.807, 2.05) is 53.4 Å². The summed E-state index contributed by atoms with van der Waals surface area (Å²) in [5.41, 5.74) is 9.21. The summed E-state index contributed by atoms with van der Waals surface area (Å²) in [7, 11) is 0. The van der Waals surface area contributed by atoms with Crippen molar-refractivity contribution in [2.24, 2.45) is 17.1 Å². The quantitative estimate of drug-likeness (QED) is 0.551. The fourth-order valence-electron chi connectivity index (χ4n) is 7.12. The van der Waals surface area contributed by atoms with E-state index in [1.54, 1.807) is 17.0 Å². The third-order valence-corrected chi connectivity index (χ3v) is 9.12. The third kappa shape index (κ3) is 4.75. The van der Waals surface area contributed by atoms with Crippen molar-refractivity contribution >= 4 is 6.03 Å². The number of urea groups is 1. The number of piperidine rings is 1. The van der Waals surface area contributed by atoms with Gasteiger partial charge in [-0.15, -0.1) is 0 Å². The fraction of sp³-hybridized carbons (Fsp3) is 0.452. The molecule has 3 atom stereocenters. The molecule has 0 bridgehead atoms. The minimum atomic E-state index is -0.0118. The molecular weight excluding hydrogens is 474 g/mol. The van der Waals surface area contributed by atoms with E-state index < -0.39 is 0 Å². The van der Waals surface area contributed by atoms with E-state index in [2.05, 4.69) is 22.0 Å². The lowest BCUT2D eigenvalue weighted by Crippen LogP contribution is -2.54. The van der Waals surface area contributed by atoms with E-state index in [-0.39, 0.29) is 29.1 Å². The molecule has 2 amide bonds. The highest BCUT2D eigenvalue weighted by molar-refractivity contribution is 5.76. The summed E-state index contributed by atoms with van der Waals surface area (Å²) >= 11 is 0. The number of nitrogens with zero attached hydrogens (tertiary/aromatic N) is 4. The summed E-state index contributed by atoms with van der Waals surface area (Å²) in [5.74, 6) is 0.349. The van der Waals surface area contributed by atoms with Crippen LogP contribution < -0.4 is 11.3 Å². The molecule has 3 fully saturated rings. The molecule has 6 rings (SSSR count). The first-order valence-corrected chi connectivity index (χ1v) is 14.0. The Bertz CT molecular complexity index is 1320. The number of amides is 2. The second kappa shape index (κ2) is 10.4. The highest BCUT2D eigenvalue weighted by atomic mass is 16.2. The molecule has 1 aromatic heterocycles. The summed E-state index contributed by atoms with van der Waals surface area (Å²) < 4.78 is 1.78. The van der Waals surface area contributed by atoms with Gasteiger partial charge in [-0.3, -0.25) is 9.36 Å². The molecule has 7 nitrogen and oxygen atoms in total. The molecule has 3 aromatic rings. The molecule has 38 heavy (non-hydrogen) atoms. The number of nitrogens with two attached hydrogens (primary N) is 1. The molecule has 1 spiro atoms. The van der Waals surface area contributed by atoms with Crippen molar-refractivity contribution in [3.05, 3.63) is 89.0 Å². The summed E-state index contributed by atoms with van der Waals surface area (Å²) in [5, 5.41) is 0. The molecule has 2 N–H and O–H groups in total. The molecule has 1 aliphatic carbocycles. The zero-order chi connectivity index (χ0) is 26.1. The molecule has 2 aliphatic heterocycles. The maximum atomic E-state index is 13.9. The Morgan fingerprint density at radius 1 is 1.03 bits per heavy atom. The van der Waals surface area contributed by atoms with Crippen LogP contribution in [-0.2, 0) is 6.54 Å². The average Bonchev–Trinajstić information content (AvgIpc) is 3.58. The van der Waals surface area contributed by atoms with Gasteiger partial charge in [0.25, 0.3) is 5.56 Å². The average molecular weight is 512 g/mol. The van der Waals surface area contributed by atoms with Gasteiger partial charge >= 0.3 is 6.03 Å². The van der Waals surface area contributed by atoms with Crippen LogP contribution in [0.1, 0.15) is 50.1 Å². The number of likely N-dealkylation sites (tertiary alicyclic amines) is 2. The zero-order valence-electron chi connectivity index (χ0n) is 21.9. The Labute approximate surface area is 224 Å². The number of hydrogen-bond donors (Lipinski definition) is 1. The molecular formula is C31H37N5O2. The van der Waals surface area contributed by atoms with Crippen LogP contribution in [-0.4, -0.2) is 51.1 Å². The van der Waals surface area contributed by atoms with Crippen molar-refractivity contribution < 1.29 is 4.79 Å². The fourth-order valence-corrected chi connectivity index (χ4v) is 7.12. The van der Waals surface area contributed by atoms with E-state index in [4.69, 9.17) is 5.73 Å². The summed E-state index contributed by atoms with van der Waals surface area (Å²) in [4.78, 5) is 35.7. The minimum absolute atomic E-state index is 0.000342. The minimum Gasteiger partial charge on any atom is -0.326 e. The molecule has 0 radical (unpaired) electrons. The predicted molar refractivity (Wildman–Crippen MR) is 148 cm³/mol. The Balaban J connectivity index is 1.19. The van der Waals surface area contributed by atoms with Gasteiger partial charge in [0.1, 0.15) is 0 Å². The molecule has 3 aliphatic rings. The number of rotatable bonds is 4. The lowest BCUT2D eigenvalue weighted by Gasteiger charge is -2.48. The predicted octanol–water partition coefficient (Wildman–Crippen LogP) is 4.69. The number of carbonyl (C=O) groups is 1. The van der Waals surface area contributed by atoms with Crippen molar-refractivity contribution in [2.45, 2.75) is 57.2 Å². The van der Waals surface area contributed by atoms with Gasteiger partial charge in [0.2, 0.25) is 0 Å². The Hall–Kier alpha value is -3.45. The highest BCUT2D eigenvalue weighted by Crippen LogP contribution is 2.49. The molecule has 0 unspecified atom stereocenters. The van der Waals surface area contributed by atoms with E-state index in [0.29, 0.717) is 31.2 Å². The van der Waals surface area contributed by atoms with E-state index in [1.165, 1.54) is 12.8 Å². The SMILES string of the molecule is N[C@H]1C[C@@H](c2ccccc2)N(C(=O)N2CC[C@@H](Cn3cnc(-c4ccccc4)cc3=O)C3(CCCC3)C2)C1. The van der Waals surface area contributed by atoms with E-state index in [9.17, 15) is 9.59 Å². The largest absolute Gasteiger partial charge is 0.326 e. The molecule has 3 heterocycles. The first-order chi connectivity index (χ1) is 18.5. The Morgan fingerprint density at radius 3 is 2.45 bits per heavy atom. The third-order valence-electron chi connectivity index (χ3n) is 9.12.